The number of nitriles is 1. The molecule has 0 atom stereocenters. The molecule has 19 heavy (non-hydrogen) atoms. The van der Waals surface area contributed by atoms with Crippen molar-refractivity contribution in [2.75, 3.05) is 12.4 Å². The van der Waals surface area contributed by atoms with Crippen LogP contribution in [0.4, 0.5) is 5.13 Å². The maximum Gasteiger partial charge on any atom is 0.240 e. The molecule has 2 aromatic heterocycles. The Hall–Kier alpha value is -2.46. The number of nitrogens with one attached hydrogen (secondary N) is 1. The smallest absolute Gasteiger partial charge is 0.240 e. The second kappa shape index (κ2) is 5.93. The third-order valence-corrected chi connectivity index (χ3v) is 2.94. The summed E-state index contributed by atoms with van der Waals surface area (Å²) in [5, 5.41) is 13.2. The SMILES string of the molecule is COc1cccc(-c2csc(NC(=O)CC#N)n2)n1. The van der Waals surface area contributed by atoms with Crippen LogP contribution < -0.4 is 10.1 Å². The second-order valence-electron chi connectivity index (χ2n) is 3.49. The first-order valence-electron chi connectivity index (χ1n) is 5.36. The molecular weight excluding hydrogens is 264 g/mol. The van der Waals surface area contributed by atoms with Crippen LogP contribution in [-0.4, -0.2) is 23.0 Å². The number of amides is 1. The topological polar surface area (TPSA) is 87.9 Å². The van der Waals surface area contributed by atoms with Crippen LogP contribution in [0.2, 0.25) is 0 Å². The highest BCUT2D eigenvalue weighted by Gasteiger charge is 2.09. The summed E-state index contributed by atoms with van der Waals surface area (Å²) in [5.74, 6) is 0.127. The molecule has 0 saturated carbocycles. The summed E-state index contributed by atoms with van der Waals surface area (Å²) < 4.78 is 5.04. The number of aromatic nitrogens is 2. The largest absolute Gasteiger partial charge is 0.481 e. The molecule has 7 heteroatoms. The number of carbonyl (C=O) groups excluding carboxylic acids is 1. The third-order valence-electron chi connectivity index (χ3n) is 2.19. The van der Waals surface area contributed by atoms with Crippen LogP contribution in [-0.2, 0) is 4.79 Å². The fraction of sp³-hybridized carbons (Fsp3) is 0.167. The molecule has 0 unspecified atom stereocenters. The van der Waals surface area contributed by atoms with E-state index in [2.05, 4.69) is 15.3 Å². The summed E-state index contributed by atoms with van der Waals surface area (Å²) in [6.45, 7) is 0. The fourth-order valence-electron chi connectivity index (χ4n) is 1.36. The first-order valence-corrected chi connectivity index (χ1v) is 6.24. The molecule has 0 bridgehead atoms. The Bertz CT molecular complexity index is 633. The van der Waals surface area contributed by atoms with Crippen LogP contribution in [0.15, 0.2) is 23.6 Å². The highest BCUT2D eigenvalue weighted by Crippen LogP contribution is 2.24. The zero-order valence-electron chi connectivity index (χ0n) is 10.1. The standard InChI is InChI=1S/C12H10N4O2S/c1-18-11-4-2-3-8(14-11)9-7-19-12(15-9)16-10(17)5-6-13/h2-4,7H,5H2,1H3,(H,15,16,17). The molecule has 0 aliphatic carbocycles. The van der Waals surface area contributed by atoms with Crippen molar-refractivity contribution in [2.24, 2.45) is 0 Å². The Morgan fingerprint density at radius 2 is 2.32 bits per heavy atom. The molecule has 6 nitrogen and oxygen atoms in total. The van der Waals surface area contributed by atoms with Gasteiger partial charge in [-0.1, -0.05) is 6.07 Å². The van der Waals surface area contributed by atoms with Crippen LogP contribution in [0.1, 0.15) is 6.42 Å². The predicted octanol–water partition coefficient (Wildman–Crippen LogP) is 2.07. The van der Waals surface area contributed by atoms with Crippen LogP contribution in [0.5, 0.6) is 5.88 Å². The third kappa shape index (κ3) is 3.26. The van der Waals surface area contributed by atoms with Crippen molar-refractivity contribution >= 4 is 22.4 Å². The van der Waals surface area contributed by atoms with E-state index in [1.807, 2.05) is 6.07 Å². The predicted molar refractivity (Wildman–Crippen MR) is 70.8 cm³/mol. The number of nitrogens with zero attached hydrogens (tertiary/aromatic N) is 3. The van der Waals surface area contributed by atoms with Gasteiger partial charge in [-0.3, -0.25) is 4.79 Å². The van der Waals surface area contributed by atoms with Gasteiger partial charge in [-0.25, -0.2) is 9.97 Å². The first-order chi connectivity index (χ1) is 9.22. The minimum absolute atomic E-state index is 0.188. The Morgan fingerprint density at radius 1 is 1.47 bits per heavy atom. The van der Waals surface area contributed by atoms with Crippen molar-refractivity contribution in [3.05, 3.63) is 23.6 Å². The van der Waals surface area contributed by atoms with E-state index in [9.17, 15) is 4.79 Å². The zero-order chi connectivity index (χ0) is 13.7. The number of rotatable bonds is 4. The van der Waals surface area contributed by atoms with Crippen LogP contribution >= 0.6 is 11.3 Å². The number of hydrogen-bond donors (Lipinski definition) is 1. The van der Waals surface area contributed by atoms with E-state index in [0.29, 0.717) is 22.4 Å². The number of ether oxygens (including phenoxy) is 1. The molecule has 0 saturated heterocycles. The molecule has 0 aliphatic rings. The minimum atomic E-state index is -0.373. The van der Waals surface area contributed by atoms with E-state index < -0.39 is 0 Å². The highest BCUT2D eigenvalue weighted by molar-refractivity contribution is 7.14. The average molecular weight is 274 g/mol. The van der Waals surface area contributed by atoms with Crippen molar-refractivity contribution in [2.45, 2.75) is 6.42 Å². The lowest BCUT2D eigenvalue weighted by molar-refractivity contribution is -0.115. The van der Waals surface area contributed by atoms with Gasteiger partial charge in [0.2, 0.25) is 11.8 Å². The maximum absolute atomic E-state index is 11.3. The van der Waals surface area contributed by atoms with Gasteiger partial charge in [0.25, 0.3) is 0 Å². The average Bonchev–Trinajstić information content (AvgIpc) is 2.87. The molecular formula is C12H10N4O2S. The Kier molecular flexibility index (Phi) is 4.05. The van der Waals surface area contributed by atoms with Gasteiger partial charge in [0.1, 0.15) is 12.1 Å². The molecule has 2 rings (SSSR count). The lowest BCUT2D eigenvalue weighted by atomic mass is 10.3. The molecule has 96 valence electrons. The van der Waals surface area contributed by atoms with E-state index in [0.717, 1.165) is 0 Å². The van der Waals surface area contributed by atoms with Gasteiger partial charge in [0.15, 0.2) is 5.13 Å². The summed E-state index contributed by atoms with van der Waals surface area (Å²) in [7, 11) is 1.54. The molecule has 0 aliphatic heterocycles. The minimum Gasteiger partial charge on any atom is -0.481 e. The summed E-state index contributed by atoms with van der Waals surface area (Å²) in [6.07, 6.45) is -0.188. The van der Waals surface area contributed by atoms with Crippen molar-refractivity contribution in [3.63, 3.8) is 0 Å². The monoisotopic (exact) mass is 274 g/mol. The van der Waals surface area contributed by atoms with Crippen molar-refractivity contribution in [1.82, 2.24) is 9.97 Å². The van der Waals surface area contributed by atoms with Crippen LogP contribution in [0.25, 0.3) is 11.4 Å². The van der Waals surface area contributed by atoms with Crippen molar-refractivity contribution in [1.29, 1.82) is 5.26 Å². The Morgan fingerprint density at radius 3 is 3.05 bits per heavy atom. The maximum atomic E-state index is 11.3. The summed E-state index contributed by atoms with van der Waals surface area (Å²) >= 11 is 1.28. The van der Waals surface area contributed by atoms with Crippen molar-refractivity contribution < 1.29 is 9.53 Å². The summed E-state index contributed by atoms with van der Waals surface area (Å²) in [6, 6.07) is 7.14. The van der Waals surface area contributed by atoms with Gasteiger partial charge in [-0.05, 0) is 6.07 Å². The summed E-state index contributed by atoms with van der Waals surface area (Å²) in [5.41, 5.74) is 1.31. The number of carbonyl (C=O) groups is 1. The molecule has 2 heterocycles. The van der Waals surface area contributed by atoms with Crippen LogP contribution in [0, 0.1) is 11.3 Å². The molecule has 1 N–H and O–H groups in total. The van der Waals surface area contributed by atoms with Gasteiger partial charge in [0.05, 0.1) is 18.9 Å². The Balaban J connectivity index is 2.16. The molecule has 0 spiro atoms. The number of thiazole rings is 1. The molecule has 0 aromatic carbocycles. The van der Waals surface area contributed by atoms with Gasteiger partial charge in [-0.15, -0.1) is 11.3 Å². The molecule has 0 fully saturated rings. The lowest BCUT2D eigenvalue weighted by Gasteiger charge is -2.00. The quantitative estimate of drug-likeness (QED) is 0.922. The number of methoxy groups -OCH3 is 1. The molecule has 0 radical (unpaired) electrons. The number of anilines is 1. The van der Waals surface area contributed by atoms with Crippen molar-refractivity contribution in [3.8, 4) is 23.3 Å². The molecule has 2 aromatic rings. The van der Waals surface area contributed by atoms with E-state index >= 15 is 0 Å². The van der Waals surface area contributed by atoms with Gasteiger partial charge in [0, 0.05) is 11.4 Å². The van der Waals surface area contributed by atoms with E-state index in [4.69, 9.17) is 10.00 Å². The summed E-state index contributed by atoms with van der Waals surface area (Å²) in [4.78, 5) is 19.7. The van der Waals surface area contributed by atoms with E-state index in [1.165, 1.54) is 11.3 Å². The lowest BCUT2D eigenvalue weighted by Crippen LogP contribution is -2.09. The number of hydrogen-bond acceptors (Lipinski definition) is 6. The Labute approximate surface area is 113 Å². The van der Waals surface area contributed by atoms with Gasteiger partial charge < -0.3 is 10.1 Å². The van der Waals surface area contributed by atoms with Gasteiger partial charge >= 0.3 is 0 Å². The van der Waals surface area contributed by atoms with Crippen LogP contribution in [0.3, 0.4) is 0 Å². The highest BCUT2D eigenvalue weighted by atomic mass is 32.1. The zero-order valence-corrected chi connectivity index (χ0v) is 10.9. The second-order valence-corrected chi connectivity index (χ2v) is 4.34. The van der Waals surface area contributed by atoms with Gasteiger partial charge in [-0.2, -0.15) is 5.26 Å². The van der Waals surface area contributed by atoms with E-state index in [-0.39, 0.29) is 12.3 Å². The normalized spacial score (nSPS) is 9.68. The first kappa shape index (κ1) is 13.0. The fourth-order valence-corrected chi connectivity index (χ4v) is 2.08. The molecule has 1 amide bonds. The number of pyridine rings is 1. The van der Waals surface area contributed by atoms with E-state index in [1.54, 1.807) is 30.7 Å².